The molecule has 31 heavy (non-hydrogen) atoms. The monoisotopic (exact) mass is 424 g/mol. The largest absolute Gasteiger partial charge is 0.365 e. The van der Waals surface area contributed by atoms with Crippen LogP contribution in [0.2, 0.25) is 0 Å². The topological polar surface area (TPSA) is 57.5 Å². The summed E-state index contributed by atoms with van der Waals surface area (Å²) in [4.78, 5) is 6.03. The third-order valence-electron chi connectivity index (χ3n) is 5.42. The van der Waals surface area contributed by atoms with Crippen LogP contribution in [-0.2, 0) is 6.42 Å². The summed E-state index contributed by atoms with van der Waals surface area (Å²) in [5, 5.41) is 10.9. The van der Waals surface area contributed by atoms with E-state index in [-0.39, 0.29) is 11.7 Å². The zero-order valence-corrected chi connectivity index (χ0v) is 17.4. The molecule has 6 nitrogen and oxygen atoms in total. The zero-order chi connectivity index (χ0) is 21.6. The molecule has 2 heterocycles. The number of hydrogen-bond donors (Lipinski definition) is 2. The van der Waals surface area contributed by atoms with Crippen LogP contribution >= 0.6 is 0 Å². The lowest BCUT2D eigenvalue weighted by Gasteiger charge is -2.21. The fourth-order valence-corrected chi connectivity index (χ4v) is 3.82. The SMILES string of the molecule is CN=C(NCCc1ccc(-n2cccn2)cc1)NC1CCN(c2c(F)cccc2F)C1. The van der Waals surface area contributed by atoms with Crippen LogP contribution in [0.25, 0.3) is 5.69 Å². The lowest BCUT2D eigenvalue weighted by Crippen LogP contribution is -2.45. The Morgan fingerprint density at radius 1 is 1.13 bits per heavy atom. The highest BCUT2D eigenvalue weighted by molar-refractivity contribution is 5.80. The molecular weight excluding hydrogens is 398 g/mol. The molecular formula is C23H26F2N6. The van der Waals surface area contributed by atoms with Crippen molar-refractivity contribution >= 4 is 11.6 Å². The molecule has 0 bridgehead atoms. The fourth-order valence-electron chi connectivity index (χ4n) is 3.82. The molecule has 1 atom stereocenters. The first kappa shape index (κ1) is 20.8. The fraction of sp³-hybridized carbons (Fsp3) is 0.304. The lowest BCUT2D eigenvalue weighted by molar-refractivity contribution is 0.576. The summed E-state index contributed by atoms with van der Waals surface area (Å²) in [5.74, 6) is -0.363. The van der Waals surface area contributed by atoms with Crippen molar-refractivity contribution in [1.29, 1.82) is 0 Å². The van der Waals surface area contributed by atoms with E-state index in [1.165, 1.54) is 23.8 Å². The van der Waals surface area contributed by atoms with E-state index in [1.807, 2.05) is 29.1 Å². The predicted molar refractivity (Wildman–Crippen MR) is 119 cm³/mol. The molecule has 2 aromatic carbocycles. The highest BCUT2D eigenvalue weighted by Crippen LogP contribution is 2.26. The first-order valence-electron chi connectivity index (χ1n) is 10.4. The van der Waals surface area contributed by atoms with Gasteiger partial charge in [-0.15, -0.1) is 0 Å². The first-order valence-corrected chi connectivity index (χ1v) is 10.4. The number of aromatic nitrogens is 2. The average molecular weight is 424 g/mol. The summed E-state index contributed by atoms with van der Waals surface area (Å²) in [6, 6.07) is 14.2. The van der Waals surface area contributed by atoms with Crippen LogP contribution in [-0.4, -0.2) is 48.5 Å². The minimum absolute atomic E-state index is 0.0494. The van der Waals surface area contributed by atoms with Crippen LogP contribution in [0.4, 0.5) is 14.5 Å². The maximum atomic E-state index is 14.0. The normalized spacial score (nSPS) is 16.5. The van der Waals surface area contributed by atoms with Crippen molar-refractivity contribution in [1.82, 2.24) is 20.4 Å². The van der Waals surface area contributed by atoms with E-state index >= 15 is 0 Å². The number of nitrogens with one attached hydrogen (secondary N) is 2. The highest BCUT2D eigenvalue weighted by atomic mass is 19.1. The second-order valence-corrected chi connectivity index (χ2v) is 7.51. The third kappa shape index (κ3) is 5.02. The van der Waals surface area contributed by atoms with Gasteiger partial charge in [0.25, 0.3) is 0 Å². The van der Waals surface area contributed by atoms with Gasteiger partial charge < -0.3 is 15.5 Å². The molecule has 1 aliphatic rings. The van der Waals surface area contributed by atoms with Gasteiger partial charge in [0.05, 0.1) is 5.69 Å². The molecule has 8 heteroatoms. The minimum Gasteiger partial charge on any atom is -0.365 e. The van der Waals surface area contributed by atoms with Crippen LogP contribution in [0, 0.1) is 11.6 Å². The van der Waals surface area contributed by atoms with E-state index in [1.54, 1.807) is 18.1 Å². The minimum atomic E-state index is -0.526. The van der Waals surface area contributed by atoms with Gasteiger partial charge in [0, 0.05) is 45.1 Å². The maximum absolute atomic E-state index is 14.0. The first-order chi connectivity index (χ1) is 15.1. The molecule has 1 unspecified atom stereocenters. The molecule has 0 spiro atoms. The van der Waals surface area contributed by atoms with Gasteiger partial charge in [0.1, 0.15) is 17.3 Å². The maximum Gasteiger partial charge on any atom is 0.191 e. The number of halogens is 2. The molecule has 0 radical (unpaired) electrons. The Hall–Kier alpha value is -3.42. The Morgan fingerprint density at radius 2 is 1.90 bits per heavy atom. The van der Waals surface area contributed by atoms with E-state index in [4.69, 9.17) is 0 Å². The lowest BCUT2D eigenvalue weighted by atomic mass is 10.1. The van der Waals surface area contributed by atoms with Crippen molar-refractivity contribution < 1.29 is 8.78 Å². The number of para-hydroxylation sites is 1. The van der Waals surface area contributed by atoms with E-state index in [0.717, 1.165) is 25.1 Å². The van der Waals surface area contributed by atoms with Crippen LogP contribution in [0.1, 0.15) is 12.0 Å². The molecule has 2 N–H and O–H groups in total. The molecule has 162 valence electrons. The van der Waals surface area contributed by atoms with Gasteiger partial charge in [-0.2, -0.15) is 5.10 Å². The van der Waals surface area contributed by atoms with Crippen molar-refractivity contribution in [3.63, 3.8) is 0 Å². The van der Waals surface area contributed by atoms with E-state index < -0.39 is 11.6 Å². The average Bonchev–Trinajstić information content (AvgIpc) is 3.46. The molecule has 4 rings (SSSR count). The van der Waals surface area contributed by atoms with E-state index in [2.05, 4.69) is 32.9 Å². The number of hydrogen-bond acceptors (Lipinski definition) is 3. The van der Waals surface area contributed by atoms with Gasteiger partial charge in [-0.05, 0) is 48.7 Å². The van der Waals surface area contributed by atoms with Crippen LogP contribution in [0.3, 0.4) is 0 Å². The zero-order valence-electron chi connectivity index (χ0n) is 17.4. The second-order valence-electron chi connectivity index (χ2n) is 7.51. The summed E-state index contributed by atoms with van der Waals surface area (Å²) in [6.07, 6.45) is 5.30. The van der Waals surface area contributed by atoms with Gasteiger partial charge in [-0.1, -0.05) is 18.2 Å². The summed E-state index contributed by atoms with van der Waals surface area (Å²) >= 11 is 0. The molecule has 0 aliphatic carbocycles. The van der Waals surface area contributed by atoms with Gasteiger partial charge in [-0.3, -0.25) is 4.99 Å². The molecule has 1 aliphatic heterocycles. The summed E-state index contributed by atoms with van der Waals surface area (Å²) in [6.45, 7) is 1.84. The molecule has 1 saturated heterocycles. The number of aliphatic imine (C=N–C) groups is 1. The van der Waals surface area contributed by atoms with Crippen molar-refractivity contribution in [2.75, 3.05) is 31.6 Å². The molecule has 1 fully saturated rings. The predicted octanol–water partition coefficient (Wildman–Crippen LogP) is 3.14. The summed E-state index contributed by atoms with van der Waals surface area (Å²) < 4.78 is 29.9. The third-order valence-corrected chi connectivity index (χ3v) is 5.42. The van der Waals surface area contributed by atoms with Crippen LogP contribution in [0.15, 0.2) is 65.9 Å². The van der Waals surface area contributed by atoms with Gasteiger partial charge in [-0.25, -0.2) is 13.5 Å². The number of rotatable bonds is 6. The van der Waals surface area contributed by atoms with E-state index in [9.17, 15) is 8.78 Å². The Kier molecular flexibility index (Phi) is 6.45. The smallest absolute Gasteiger partial charge is 0.191 e. The van der Waals surface area contributed by atoms with E-state index in [0.29, 0.717) is 19.0 Å². The Morgan fingerprint density at radius 3 is 2.58 bits per heavy atom. The van der Waals surface area contributed by atoms with Crippen molar-refractivity contribution in [3.05, 3.63) is 78.1 Å². The van der Waals surface area contributed by atoms with Crippen LogP contribution in [0.5, 0.6) is 0 Å². The Labute approximate surface area is 180 Å². The number of guanidine groups is 1. The Balaban J connectivity index is 1.26. The second kappa shape index (κ2) is 9.59. The summed E-state index contributed by atoms with van der Waals surface area (Å²) in [5.41, 5.74) is 2.28. The summed E-state index contributed by atoms with van der Waals surface area (Å²) in [7, 11) is 1.72. The van der Waals surface area contributed by atoms with Crippen molar-refractivity contribution in [3.8, 4) is 5.69 Å². The molecule has 3 aromatic rings. The molecule has 1 aromatic heterocycles. The van der Waals surface area contributed by atoms with Gasteiger partial charge >= 0.3 is 0 Å². The standard InChI is InChI=1S/C23H26F2N6/c1-26-23(27-13-10-17-6-8-19(9-7-17)31-14-3-12-28-31)29-18-11-15-30(16-18)22-20(24)4-2-5-21(22)25/h2-9,12,14,18H,10-11,13,15-16H2,1H3,(H2,26,27,29). The van der Waals surface area contributed by atoms with Gasteiger partial charge in [0.15, 0.2) is 5.96 Å². The number of anilines is 1. The number of benzene rings is 2. The number of nitrogens with zero attached hydrogens (tertiary/aromatic N) is 4. The van der Waals surface area contributed by atoms with Crippen molar-refractivity contribution in [2.45, 2.75) is 18.9 Å². The molecule has 0 saturated carbocycles. The molecule has 0 amide bonds. The van der Waals surface area contributed by atoms with Crippen LogP contribution < -0.4 is 15.5 Å². The highest BCUT2D eigenvalue weighted by Gasteiger charge is 2.27. The quantitative estimate of drug-likeness (QED) is 0.472. The van der Waals surface area contributed by atoms with Crippen molar-refractivity contribution in [2.24, 2.45) is 4.99 Å². The van der Waals surface area contributed by atoms with Gasteiger partial charge in [0.2, 0.25) is 0 Å². The Bertz CT molecular complexity index is 997.